The molecule has 0 heterocycles. The fourth-order valence-electron chi connectivity index (χ4n) is 1.61. The molecule has 0 aliphatic heterocycles. The number of unbranched alkanes of at least 4 members (excludes halogenated alkanes) is 1. The lowest BCUT2D eigenvalue weighted by atomic mass is 10.3. The van der Waals surface area contributed by atoms with Crippen LogP contribution in [0.15, 0.2) is 18.2 Å². The first-order chi connectivity index (χ1) is 11.5. The van der Waals surface area contributed by atoms with Gasteiger partial charge in [0.1, 0.15) is 6.61 Å². The molecule has 0 spiro atoms. The normalized spacial score (nSPS) is 9.46. The van der Waals surface area contributed by atoms with Crippen LogP contribution in [0.5, 0.6) is 17.2 Å². The molecule has 8 nitrogen and oxygen atoms in total. The minimum atomic E-state index is -1.82. The van der Waals surface area contributed by atoms with Crippen LogP contribution < -0.4 is 19.5 Å². The lowest BCUT2D eigenvalue weighted by molar-refractivity contribution is -0.159. The molecule has 1 aromatic carbocycles. The van der Waals surface area contributed by atoms with E-state index in [1.165, 1.54) is 12.8 Å². The molecule has 0 aliphatic rings. The maximum Gasteiger partial charge on any atom is 0.414 e. The highest BCUT2D eigenvalue weighted by Gasteiger charge is 2.10. The predicted octanol–water partition coefficient (Wildman–Crippen LogP) is 1.63. The van der Waals surface area contributed by atoms with Crippen molar-refractivity contribution in [2.24, 2.45) is 0 Å². The van der Waals surface area contributed by atoms with E-state index in [0.717, 1.165) is 13.1 Å². The second-order valence-corrected chi connectivity index (χ2v) is 4.55. The molecule has 3 N–H and O–H groups in total. The van der Waals surface area contributed by atoms with E-state index < -0.39 is 11.9 Å². The highest BCUT2D eigenvalue weighted by Crippen LogP contribution is 2.36. The van der Waals surface area contributed by atoms with Crippen LogP contribution in [0.3, 0.4) is 0 Å². The van der Waals surface area contributed by atoms with Crippen molar-refractivity contribution in [1.29, 1.82) is 0 Å². The van der Waals surface area contributed by atoms with Crippen LogP contribution >= 0.6 is 0 Å². The van der Waals surface area contributed by atoms with E-state index in [1.807, 2.05) is 18.2 Å². The molecule has 0 fully saturated rings. The molecule has 0 radical (unpaired) electrons. The third-order valence-corrected chi connectivity index (χ3v) is 2.80. The van der Waals surface area contributed by atoms with Gasteiger partial charge in [0, 0.05) is 6.54 Å². The number of carboxylic acids is 2. The highest BCUT2D eigenvalue weighted by atomic mass is 16.5. The zero-order chi connectivity index (χ0) is 18.4. The first-order valence-corrected chi connectivity index (χ1v) is 7.48. The van der Waals surface area contributed by atoms with Crippen LogP contribution in [0.1, 0.15) is 19.8 Å². The standard InChI is InChI=1S/C14H23NO3.C2H2O4/c1-4-5-9-15-10-11-18-14-12(16-2)7-6-8-13(14)17-3;3-1(4)2(5)6/h6-8,15H,4-5,9-11H2,1-3H3;(H,3,4)(H,5,6). The topological polar surface area (TPSA) is 114 Å². The second kappa shape index (κ2) is 13.0. The number of carboxylic acid groups (broad SMARTS) is 2. The molecular weight excluding hydrogens is 318 g/mol. The minimum Gasteiger partial charge on any atom is -0.493 e. The summed E-state index contributed by atoms with van der Waals surface area (Å²) >= 11 is 0. The first-order valence-electron chi connectivity index (χ1n) is 7.48. The van der Waals surface area contributed by atoms with Crippen molar-refractivity contribution in [3.05, 3.63) is 18.2 Å². The summed E-state index contributed by atoms with van der Waals surface area (Å²) in [7, 11) is 3.25. The largest absolute Gasteiger partial charge is 0.493 e. The van der Waals surface area contributed by atoms with Crippen molar-refractivity contribution < 1.29 is 34.0 Å². The number of para-hydroxylation sites is 1. The van der Waals surface area contributed by atoms with Crippen molar-refractivity contribution in [3.63, 3.8) is 0 Å². The number of methoxy groups -OCH3 is 2. The number of benzene rings is 1. The third-order valence-electron chi connectivity index (χ3n) is 2.80. The molecule has 0 unspecified atom stereocenters. The fourth-order valence-corrected chi connectivity index (χ4v) is 1.61. The van der Waals surface area contributed by atoms with Gasteiger partial charge in [-0.05, 0) is 25.1 Å². The predicted molar refractivity (Wildman–Crippen MR) is 88.1 cm³/mol. The highest BCUT2D eigenvalue weighted by molar-refractivity contribution is 6.27. The van der Waals surface area contributed by atoms with Crippen LogP contribution in [0, 0.1) is 0 Å². The molecule has 0 saturated carbocycles. The average Bonchev–Trinajstić information content (AvgIpc) is 2.58. The summed E-state index contributed by atoms with van der Waals surface area (Å²) in [4.78, 5) is 18.2. The Labute approximate surface area is 141 Å². The fraction of sp³-hybridized carbons (Fsp3) is 0.500. The smallest absolute Gasteiger partial charge is 0.414 e. The Morgan fingerprint density at radius 1 is 1.04 bits per heavy atom. The molecule has 24 heavy (non-hydrogen) atoms. The molecule has 8 heteroatoms. The second-order valence-electron chi connectivity index (χ2n) is 4.55. The van der Waals surface area contributed by atoms with E-state index >= 15 is 0 Å². The average molecular weight is 343 g/mol. The summed E-state index contributed by atoms with van der Waals surface area (Å²) in [5.74, 6) is -1.59. The monoisotopic (exact) mass is 343 g/mol. The number of carbonyl (C=O) groups is 2. The zero-order valence-corrected chi connectivity index (χ0v) is 14.2. The van der Waals surface area contributed by atoms with Gasteiger partial charge >= 0.3 is 11.9 Å². The van der Waals surface area contributed by atoms with E-state index in [4.69, 9.17) is 34.0 Å². The molecule has 0 saturated heterocycles. The Bertz CT molecular complexity index is 471. The Morgan fingerprint density at radius 3 is 2.00 bits per heavy atom. The van der Waals surface area contributed by atoms with E-state index in [0.29, 0.717) is 23.9 Å². The van der Waals surface area contributed by atoms with E-state index in [-0.39, 0.29) is 0 Å². The van der Waals surface area contributed by atoms with Crippen LogP contribution in [0.25, 0.3) is 0 Å². The van der Waals surface area contributed by atoms with Crippen LogP contribution in [-0.2, 0) is 9.59 Å². The number of hydrogen-bond donors (Lipinski definition) is 3. The summed E-state index contributed by atoms with van der Waals surface area (Å²) in [5, 5.41) is 18.1. The lowest BCUT2D eigenvalue weighted by Gasteiger charge is -2.14. The number of hydrogen-bond acceptors (Lipinski definition) is 6. The summed E-state index contributed by atoms with van der Waals surface area (Å²) < 4.78 is 16.2. The van der Waals surface area contributed by atoms with Crippen LogP contribution in [0.2, 0.25) is 0 Å². The van der Waals surface area contributed by atoms with Crippen molar-refractivity contribution in [3.8, 4) is 17.2 Å². The maximum absolute atomic E-state index is 9.10. The summed E-state index contributed by atoms with van der Waals surface area (Å²) in [6, 6.07) is 5.61. The van der Waals surface area contributed by atoms with Gasteiger partial charge in [0.15, 0.2) is 11.5 Å². The van der Waals surface area contributed by atoms with Gasteiger partial charge in [0.05, 0.1) is 14.2 Å². The van der Waals surface area contributed by atoms with Gasteiger partial charge in [-0.25, -0.2) is 9.59 Å². The van der Waals surface area contributed by atoms with Gasteiger partial charge < -0.3 is 29.7 Å². The van der Waals surface area contributed by atoms with Gasteiger partial charge in [-0.2, -0.15) is 0 Å². The van der Waals surface area contributed by atoms with Crippen molar-refractivity contribution >= 4 is 11.9 Å². The van der Waals surface area contributed by atoms with Gasteiger partial charge in [-0.1, -0.05) is 19.4 Å². The molecule has 0 bridgehead atoms. The van der Waals surface area contributed by atoms with Gasteiger partial charge in [0.2, 0.25) is 5.75 Å². The summed E-state index contributed by atoms with van der Waals surface area (Å²) in [5.41, 5.74) is 0. The number of nitrogens with one attached hydrogen (secondary N) is 1. The Kier molecular flexibility index (Phi) is 11.7. The Hall–Kier alpha value is -2.48. The molecule has 1 rings (SSSR count). The van der Waals surface area contributed by atoms with Crippen molar-refractivity contribution in [2.45, 2.75) is 19.8 Å². The maximum atomic E-state index is 9.10. The molecule has 1 aromatic rings. The first kappa shape index (κ1) is 21.5. The minimum absolute atomic E-state index is 0.598. The molecule has 0 amide bonds. The molecule has 136 valence electrons. The summed E-state index contributed by atoms with van der Waals surface area (Å²) in [6.45, 7) is 4.63. The number of rotatable bonds is 9. The zero-order valence-electron chi connectivity index (χ0n) is 14.2. The SMILES string of the molecule is CCCCNCCOc1c(OC)cccc1OC.O=C(O)C(=O)O. The van der Waals surface area contributed by atoms with Crippen LogP contribution in [-0.4, -0.2) is 56.1 Å². The van der Waals surface area contributed by atoms with Gasteiger partial charge in [0.25, 0.3) is 0 Å². The van der Waals surface area contributed by atoms with E-state index in [2.05, 4.69) is 12.2 Å². The molecule has 0 aromatic heterocycles. The van der Waals surface area contributed by atoms with Crippen molar-refractivity contribution in [1.82, 2.24) is 5.32 Å². The summed E-state index contributed by atoms with van der Waals surface area (Å²) in [6.07, 6.45) is 2.40. The quantitative estimate of drug-likeness (QED) is 0.458. The van der Waals surface area contributed by atoms with Crippen molar-refractivity contribution in [2.75, 3.05) is 33.9 Å². The number of ether oxygens (including phenoxy) is 3. The van der Waals surface area contributed by atoms with Gasteiger partial charge in [-0.15, -0.1) is 0 Å². The third kappa shape index (κ3) is 8.84. The van der Waals surface area contributed by atoms with E-state index in [9.17, 15) is 0 Å². The molecule has 0 atom stereocenters. The lowest BCUT2D eigenvalue weighted by Crippen LogP contribution is -2.22. The Morgan fingerprint density at radius 2 is 1.58 bits per heavy atom. The van der Waals surface area contributed by atoms with Gasteiger partial charge in [-0.3, -0.25) is 0 Å². The number of aliphatic carboxylic acids is 2. The van der Waals surface area contributed by atoms with Crippen LogP contribution in [0.4, 0.5) is 0 Å². The molecular formula is C16H25NO7. The molecule has 0 aliphatic carbocycles. The Balaban J connectivity index is 0.000000754. The van der Waals surface area contributed by atoms with E-state index in [1.54, 1.807) is 14.2 Å².